The lowest BCUT2D eigenvalue weighted by Gasteiger charge is -2.19. The summed E-state index contributed by atoms with van der Waals surface area (Å²) in [5.74, 6) is 0.802. The van der Waals surface area contributed by atoms with Crippen LogP contribution in [0.4, 0.5) is 0 Å². The summed E-state index contributed by atoms with van der Waals surface area (Å²) in [4.78, 5) is 0. The largest absolute Gasteiger partial charge is 0.396 e. The Balaban J connectivity index is 2.01. The Labute approximate surface area is 55.3 Å². The van der Waals surface area contributed by atoms with Gasteiger partial charge in [0.15, 0.2) is 0 Å². The number of aliphatic hydroxyl groups is 1. The van der Waals surface area contributed by atoms with E-state index in [9.17, 15) is 0 Å². The number of hydrogen-bond acceptors (Lipinski definition) is 2. The zero-order valence-electron chi connectivity index (χ0n) is 5.56. The zero-order valence-corrected chi connectivity index (χ0v) is 5.56. The molecule has 2 fully saturated rings. The maximum atomic E-state index is 8.96. The molecule has 0 radical (unpaired) electrons. The maximum absolute atomic E-state index is 8.96. The quantitative estimate of drug-likeness (QED) is 0.519. The van der Waals surface area contributed by atoms with Crippen LogP contribution in [0.1, 0.15) is 12.8 Å². The van der Waals surface area contributed by atoms with E-state index in [0.29, 0.717) is 12.0 Å². The van der Waals surface area contributed by atoms with Crippen LogP contribution in [-0.4, -0.2) is 24.8 Å². The molecule has 1 aliphatic carbocycles. The smallest absolute Gasteiger partial charge is 0.0491 e. The van der Waals surface area contributed by atoms with Gasteiger partial charge in [-0.2, -0.15) is 0 Å². The monoisotopic (exact) mass is 127 g/mol. The molecule has 2 aliphatic rings. The van der Waals surface area contributed by atoms with Crippen molar-refractivity contribution in [3.05, 3.63) is 0 Å². The van der Waals surface area contributed by atoms with Gasteiger partial charge in [-0.1, -0.05) is 0 Å². The molecule has 0 aromatic rings. The molecular formula is C7H13NO. The Morgan fingerprint density at radius 2 is 2.56 bits per heavy atom. The molecule has 0 aromatic heterocycles. The van der Waals surface area contributed by atoms with Crippen LogP contribution < -0.4 is 5.32 Å². The Morgan fingerprint density at radius 3 is 3.11 bits per heavy atom. The number of piperidine rings is 1. The Hall–Kier alpha value is -0.0800. The SMILES string of the molecule is OC[C@@]12CCNC[C@@H]1C2. The van der Waals surface area contributed by atoms with E-state index in [1.165, 1.54) is 12.8 Å². The molecule has 2 rings (SSSR count). The van der Waals surface area contributed by atoms with Crippen molar-refractivity contribution >= 4 is 0 Å². The summed E-state index contributed by atoms with van der Waals surface area (Å²) < 4.78 is 0. The molecule has 1 saturated carbocycles. The zero-order chi connectivity index (χ0) is 6.32. The van der Waals surface area contributed by atoms with Crippen molar-refractivity contribution in [2.24, 2.45) is 11.3 Å². The number of nitrogens with one attached hydrogen (secondary N) is 1. The summed E-state index contributed by atoms with van der Waals surface area (Å²) in [6.45, 7) is 2.66. The van der Waals surface area contributed by atoms with E-state index in [1.807, 2.05) is 0 Å². The van der Waals surface area contributed by atoms with Gasteiger partial charge in [0.2, 0.25) is 0 Å². The third-order valence-electron chi connectivity index (χ3n) is 2.86. The van der Waals surface area contributed by atoms with E-state index in [1.54, 1.807) is 0 Å². The van der Waals surface area contributed by atoms with Gasteiger partial charge in [0.1, 0.15) is 0 Å². The normalized spacial score (nSPS) is 48.3. The highest BCUT2D eigenvalue weighted by Gasteiger charge is 2.54. The Kier molecular flexibility index (Phi) is 1.08. The number of hydrogen-bond donors (Lipinski definition) is 2. The molecule has 2 nitrogen and oxygen atoms in total. The molecule has 2 atom stereocenters. The standard InChI is InChI=1S/C7H13NO/c9-5-7-1-2-8-4-6(7)3-7/h6,8-9H,1-5H2/t6-,7-/m0/s1. The highest BCUT2D eigenvalue weighted by Crippen LogP contribution is 2.55. The first kappa shape index (κ1) is 5.69. The lowest BCUT2D eigenvalue weighted by molar-refractivity contribution is 0.176. The minimum atomic E-state index is 0.380. The molecular weight excluding hydrogens is 114 g/mol. The fourth-order valence-corrected chi connectivity index (χ4v) is 1.91. The molecule has 1 heterocycles. The first-order valence-corrected chi connectivity index (χ1v) is 3.69. The van der Waals surface area contributed by atoms with Crippen LogP contribution in [0.2, 0.25) is 0 Å². The first-order chi connectivity index (χ1) is 4.37. The van der Waals surface area contributed by atoms with Crippen molar-refractivity contribution in [3.8, 4) is 0 Å². The average molecular weight is 127 g/mol. The second-order valence-corrected chi connectivity index (χ2v) is 3.38. The Morgan fingerprint density at radius 1 is 1.67 bits per heavy atom. The van der Waals surface area contributed by atoms with E-state index >= 15 is 0 Å². The van der Waals surface area contributed by atoms with Gasteiger partial charge in [-0.05, 0) is 37.3 Å². The van der Waals surface area contributed by atoms with Gasteiger partial charge in [0.05, 0.1) is 0 Å². The van der Waals surface area contributed by atoms with Gasteiger partial charge < -0.3 is 10.4 Å². The summed E-state index contributed by atoms with van der Waals surface area (Å²) in [6, 6.07) is 0. The summed E-state index contributed by atoms with van der Waals surface area (Å²) in [5.41, 5.74) is 0.380. The van der Waals surface area contributed by atoms with Crippen LogP contribution in [0.15, 0.2) is 0 Å². The van der Waals surface area contributed by atoms with Gasteiger partial charge in [-0.15, -0.1) is 0 Å². The highest BCUT2D eigenvalue weighted by molar-refractivity contribution is 5.05. The second kappa shape index (κ2) is 1.70. The molecule has 0 amide bonds. The van der Waals surface area contributed by atoms with E-state index < -0.39 is 0 Å². The van der Waals surface area contributed by atoms with E-state index in [2.05, 4.69) is 5.32 Å². The van der Waals surface area contributed by atoms with E-state index in [4.69, 9.17) is 5.11 Å². The summed E-state index contributed by atoms with van der Waals surface area (Å²) >= 11 is 0. The van der Waals surface area contributed by atoms with Crippen LogP contribution in [0.25, 0.3) is 0 Å². The average Bonchev–Trinajstić information content (AvgIpc) is 2.62. The molecule has 1 aliphatic heterocycles. The summed E-state index contributed by atoms with van der Waals surface area (Å²) in [7, 11) is 0. The molecule has 2 heteroatoms. The van der Waals surface area contributed by atoms with Crippen molar-refractivity contribution in [1.29, 1.82) is 0 Å². The van der Waals surface area contributed by atoms with Crippen molar-refractivity contribution in [2.75, 3.05) is 19.7 Å². The molecule has 0 aromatic carbocycles. The van der Waals surface area contributed by atoms with Crippen molar-refractivity contribution < 1.29 is 5.11 Å². The Bertz CT molecular complexity index is 126. The van der Waals surface area contributed by atoms with Gasteiger partial charge in [0.25, 0.3) is 0 Å². The predicted octanol–water partition coefficient (Wildman–Crippen LogP) is -0.0217. The topological polar surface area (TPSA) is 32.3 Å². The fourth-order valence-electron chi connectivity index (χ4n) is 1.91. The molecule has 2 N–H and O–H groups in total. The number of fused-ring (bicyclic) bond motifs is 1. The fraction of sp³-hybridized carbons (Fsp3) is 1.00. The van der Waals surface area contributed by atoms with E-state index in [-0.39, 0.29) is 0 Å². The minimum Gasteiger partial charge on any atom is -0.396 e. The number of aliphatic hydroxyl groups excluding tert-OH is 1. The van der Waals surface area contributed by atoms with Gasteiger partial charge in [-0.3, -0.25) is 0 Å². The molecule has 1 saturated heterocycles. The first-order valence-electron chi connectivity index (χ1n) is 3.69. The van der Waals surface area contributed by atoms with Gasteiger partial charge >= 0.3 is 0 Å². The summed E-state index contributed by atoms with van der Waals surface area (Å²) in [6.07, 6.45) is 2.45. The van der Waals surface area contributed by atoms with Gasteiger partial charge in [-0.25, -0.2) is 0 Å². The van der Waals surface area contributed by atoms with Crippen molar-refractivity contribution in [3.63, 3.8) is 0 Å². The lowest BCUT2D eigenvalue weighted by atomic mass is 9.98. The van der Waals surface area contributed by atoms with Crippen molar-refractivity contribution in [1.82, 2.24) is 5.32 Å². The molecule has 52 valence electrons. The molecule has 0 unspecified atom stereocenters. The predicted molar refractivity (Wildman–Crippen MR) is 35.1 cm³/mol. The third-order valence-corrected chi connectivity index (χ3v) is 2.86. The lowest BCUT2D eigenvalue weighted by Crippen LogP contribution is -2.30. The van der Waals surface area contributed by atoms with Crippen LogP contribution >= 0.6 is 0 Å². The molecule has 0 spiro atoms. The molecule has 0 bridgehead atoms. The third kappa shape index (κ3) is 0.700. The summed E-state index contributed by atoms with van der Waals surface area (Å²) in [5, 5.41) is 12.3. The second-order valence-electron chi connectivity index (χ2n) is 3.38. The van der Waals surface area contributed by atoms with Crippen LogP contribution in [-0.2, 0) is 0 Å². The van der Waals surface area contributed by atoms with Gasteiger partial charge in [0, 0.05) is 6.61 Å². The van der Waals surface area contributed by atoms with Crippen molar-refractivity contribution in [2.45, 2.75) is 12.8 Å². The number of rotatable bonds is 1. The minimum absolute atomic E-state index is 0.380. The maximum Gasteiger partial charge on any atom is 0.0491 e. The van der Waals surface area contributed by atoms with Crippen LogP contribution in [0.5, 0.6) is 0 Å². The van der Waals surface area contributed by atoms with Crippen LogP contribution in [0, 0.1) is 11.3 Å². The highest BCUT2D eigenvalue weighted by atomic mass is 16.3. The molecule has 9 heavy (non-hydrogen) atoms. The van der Waals surface area contributed by atoms with E-state index in [0.717, 1.165) is 19.0 Å². The van der Waals surface area contributed by atoms with Crippen LogP contribution in [0.3, 0.4) is 0 Å².